The van der Waals surface area contributed by atoms with Crippen molar-refractivity contribution in [1.82, 2.24) is 9.55 Å². The van der Waals surface area contributed by atoms with Gasteiger partial charge in [-0.05, 0) is 52.2 Å². The SMILES string of the molecule is CCn1cnc2cc(B3OC(C)(C)C(C)(C)O3)cc(F)c21. The van der Waals surface area contributed by atoms with E-state index in [1.54, 1.807) is 10.9 Å². The van der Waals surface area contributed by atoms with Gasteiger partial charge >= 0.3 is 7.12 Å². The molecule has 1 fully saturated rings. The van der Waals surface area contributed by atoms with Crippen molar-refractivity contribution in [3.63, 3.8) is 0 Å². The fourth-order valence-electron chi connectivity index (χ4n) is 2.53. The summed E-state index contributed by atoms with van der Waals surface area (Å²) >= 11 is 0. The number of imidazole rings is 1. The zero-order valence-electron chi connectivity index (χ0n) is 13.1. The Bertz CT molecular complexity index is 680. The standard InChI is InChI=1S/C15H20BFN2O2/c1-6-19-9-18-12-8-10(7-11(17)13(12)19)16-20-14(2,3)15(4,5)21-16/h7-9H,6H2,1-5H3. The van der Waals surface area contributed by atoms with E-state index in [4.69, 9.17) is 9.31 Å². The molecule has 0 N–H and O–H groups in total. The third-order valence-electron chi connectivity index (χ3n) is 4.56. The molecule has 0 bridgehead atoms. The first-order valence-electron chi connectivity index (χ1n) is 7.25. The fraction of sp³-hybridized carbons (Fsp3) is 0.533. The molecule has 0 atom stereocenters. The molecule has 0 spiro atoms. The quantitative estimate of drug-likeness (QED) is 0.797. The lowest BCUT2D eigenvalue weighted by molar-refractivity contribution is 0.00578. The number of hydrogen-bond donors (Lipinski definition) is 0. The van der Waals surface area contributed by atoms with Crippen molar-refractivity contribution < 1.29 is 13.7 Å². The summed E-state index contributed by atoms with van der Waals surface area (Å²) in [5, 5.41) is 0. The van der Waals surface area contributed by atoms with Crippen LogP contribution in [0.5, 0.6) is 0 Å². The van der Waals surface area contributed by atoms with E-state index in [0.29, 0.717) is 23.0 Å². The van der Waals surface area contributed by atoms with Gasteiger partial charge in [-0.3, -0.25) is 0 Å². The second-order valence-corrected chi connectivity index (χ2v) is 6.49. The number of aryl methyl sites for hydroxylation is 1. The topological polar surface area (TPSA) is 36.3 Å². The number of rotatable bonds is 2. The predicted molar refractivity (Wildman–Crippen MR) is 81.1 cm³/mol. The van der Waals surface area contributed by atoms with Gasteiger partial charge in [-0.15, -0.1) is 0 Å². The Balaban J connectivity index is 2.03. The lowest BCUT2D eigenvalue weighted by Crippen LogP contribution is -2.41. The van der Waals surface area contributed by atoms with Crippen LogP contribution in [0.4, 0.5) is 4.39 Å². The Morgan fingerprint density at radius 2 is 1.81 bits per heavy atom. The summed E-state index contributed by atoms with van der Waals surface area (Å²) in [6.45, 7) is 10.6. The predicted octanol–water partition coefficient (Wildman–Crippen LogP) is 2.49. The number of benzene rings is 1. The van der Waals surface area contributed by atoms with E-state index in [9.17, 15) is 4.39 Å². The van der Waals surface area contributed by atoms with Crippen molar-refractivity contribution in [3.8, 4) is 0 Å². The summed E-state index contributed by atoms with van der Waals surface area (Å²) in [7, 11) is -0.569. The minimum Gasteiger partial charge on any atom is -0.399 e. The van der Waals surface area contributed by atoms with Crippen molar-refractivity contribution in [2.75, 3.05) is 0 Å². The van der Waals surface area contributed by atoms with Crippen LogP contribution in [0.1, 0.15) is 34.6 Å². The van der Waals surface area contributed by atoms with Crippen LogP contribution in [0.3, 0.4) is 0 Å². The molecule has 6 heteroatoms. The summed E-state index contributed by atoms with van der Waals surface area (Å²) < 4.78 is 28.1. The summed E-state index contributed by atoms with van der Waals surface area (Å²) in [5.41, 5.74) is 0.942. The molecule has 0 unspecified atom stereocenters. The minimum absolute atomic E-state index is 0.295. The zero-order valence-corrected chi connectivity index (χ0v) is 13.1. The molecule has 112 valence electrons. The van der Waals surface area contributed by atoms with E-state index in [0.717, 1.165) is 0 Å². The molecular formula is C15H20BFN2O2. The molecule has 0 amide bonds. The number of fused-ring (bicyclic) bond motifs is 1. The highest BCUT2D eigenvalue weighted by Gasteiger charge is 2.51. The third-order valence-corrected chi connectivity index (χ3v) is 4.56. The molecule has 1 aromatic heterocycles. The zero-order chi connectivity index (χ0) is 15.4. The number of hydrogen-bond acceptors (Lipinski definition) is 3. The van der Waals surface area contributed by atoms with Crippen LogP contribution in [0.25, 0.3) is 11.0 Å². The molecule has 4 nitrogen and oxygen atoms in total. The molecule has 1 aliphatic rings. The van der Waals surface area contributed by atoms with Crippen LogP contribution in [0.15, 0.2) is 18.5 Å². The molecule has 2 heterocycles. The highest BCUT2D eigenvalue weighted by molar-refractivity contribution is 6.62. The molecule has 2 aromatic rings. The van der Waals surface area contributed by atoms with Gasteiger partial charge in [0, 0.05) is 6.54 Å². The maximum absolute atomic E-state index is 14.4. The van der Waals surface area contributed by atoms with Gasteiger partial charge in [-0.25, -0.2) is 9.37 Å². The van der Waals surface area contributed by atoms with E-state index in [1.165, 1.54) is 6.07 Å². The van der Waals surface area contributed by atoms with Crippen LogP contribution >= 0.6 is 0 Å². The highest BCUT2D eigenvalue weighted by atomic mass is 19.1. The maximum atomic E-state index is 14.4. The summed E-state index contributed by atoms with van der Waals surface area (Å²) in [6, 6.07) is 3.32. The molecule has 1 aromatic carbocycles. The van der Waals surface area contributed by atoms with Crippen LogP contribution in [-0.2, 0) is 15.9 Å². The van der Waals surface area contributed by atoms with Crippen LogP contribution < -0.4 is 5.46 Å². The Labute approximate surface area is 124 Å². The summed E-state index contributed by atoms with van der Waals surface area (Å²) in [6.07, 6.45) is 1.65. The molecule has 21 heavy (non-hydrogen) atoms. The molecule has 0 aliphatic carbocycles. The first-order valence-corrected chi connectivity index (χ1v) is 7.25. The normalized spacial score (nSPS) is 20.4. The highest BCUT2D eigenvalue weighted by Crippen LogP contribution is 2.36. The Kier molecular flexibility index (Phi) is 3.15. The summed E-state index contributed by atoms with van der Waals surface area (Å²) in [5.74, 6) is -0.295. The molecule has 0 saturated carbocycles. The first-order chi connectivity index (χ1) is 9.75. The largest absolute Gasteiger partial charge is 0.495 e. The van der Waals surface area contributed by atoms with Crippen molar-refractivity contribution in [1.29, 1.82) is 0 Å². The molecule has 1 saturated heterocycles. The third kappa shape index (κ3) is 2.17. The van der Waals surface area contributed by atoms with Gasteiger partial charge in [0.25, 0.3) is 0 Å². The van der Waals surface area contributed by atoms with Crippen LogP contribution in [0.2, 0.25) is 0 Å². The van der Waals surface area contributed by atoms with Gasteiger partial charge < -0.3 is 13.9 Å². The van der Waals surface area contributed by atoms with Gasteiger partial charge in [0.05, 0.1) is 23.0 Å². The van der Waals surface area contributed by atoms with E-state index in [-0.39, 0.29) is 5.82 Å². The maximum Gasteiger partial charge on any atom is 0.495 e. The molecule has 0 radical (unpaired) electrons. The Hall–Kier alpha value is -1.40. The lowest BCUT2D eigenvalue weighted by Gasteiger charge is -2.32. The first kappa shape index (κ1) is 14.5. The Morgan fingerprint density at radius 1 is 1.19 bits per heavy atom. The fourth-order valence-corrected chi connectivity index (χ4v) is 2.53. The Morgan fingerprint density at radius 3 is 2.38 bits per heavy atom. The molecular weight excluding hydrogens is 270 g/mol. The average molecular weight is 290 g/mol. The van der Waals surface area contributed by atoms with E-state index >= 15 is 0 Å². The van der Waals surface area contributed by atoms with Gasteiger partial charge in [0.15, 0.2) is 0 Å². The molecule has 3 rings (SSSR count). The minimum atomic E-state index is -0.569. The number of aromatic nitrogens is 2. The van der Waals surface area contributed by atoms with Crippen molar-refractivity contribution in [2.45, 2.75) is 52.4 Å². The second kappa shape index (κ2) is 4.55. The van der Waals surface area contributed by atoms with Crippen molar-refractivity contribution >= 4 is 23.6 Å². The number of nitrogens with zero attached hydrogens (tertiary/aromatic N) is 2. The smallest absolute Gasteiger partial charge is 0.399 e. The van der Waals surface area contributed by atoms with Gasteiger partial charge in [-0.2, -0.15) is 0 Å². The van der Waals surface area contributed by atoms with Gasteiger partial charge in [-0.1, -0.05) is 0 Å². The van der Waals surface area contributed by atoms with E-state index < -0.39 is 18.3 Å². The van der Waals surface area contributed by atoms with Crippen molar-refractivity contribution in [3.05, 3.63) is 24.3 Å². The molecule has 1 aliphatic heterocycles. The summed E-state index contributed by atoms with van der Waals surface area (Å²) in [4.78, 5) is 4.27. The van der Waals surface area contributed by atoms with Crippen LogP contribution in [0, 0.1) is 5.82 Å². The van der Waals surface area contributed by atoms with Gasteiger partial charge in [0.1, 0.15) is 11.3 Å². The van der Waals surface area contributed by atoms with Crippen molar-refractivity contribution in [2.24, 2.45) is 0 Å². The van der Waals surface area contributed by atoms with E-state index in [1.807, 2.05) is 40.7 Å². The monoisotopic (exact) mass is 290 g/mol. The lowest BCUT2D eigenvalue weighted by atomic mass is 9.79. The van der Waals surface area contributed by atoms with Crippen LogP contribution in [-0.4, -0.2) is 27.9 Å². The number of halogens is 1. The van der Waals surface area contributed by atoms with Gasteiger partial charge in [0.2, 0.25) is 0 Å². The van der Waals surface area contributed by atoms with E-state index in [2.05, 4.69) is 4.98 Å². The second-order valence-electron chi connectivity index (χ2n) is 6.49. The average Bonchev–Trinajstić information content (AvgIpc) is 2.88.